The van der Waals surface area contributed by atoms with E-state index in [4.69, 9.17) is 0 Å². The van der Waals surface area contributed by atoms with Gasteiger partial charge in [-0.15, -0.1) is 0 Å². The predicted molar refractivity (Wildman–Crippen MR) is 71.2 cm³/mol. The van der Waals surface area contributed by atoms with Gasteiger partial charge in [0.25, 0.3) is 0 Å². The Hall–Kier alpha value is -0.860. The van der Waals surface area contributed by atoms with Gasteiger partial charge in [0.1, 0.15) is 0 Å². The molecule has 1 fully saturated rings. The molecule has 2 heteroatoms. The molecule has 1 aliphatic heterocycles. The van der Waals surface area contributed by atoms with Gasteiger partial charge in [-0.1, -0.05) is 38.1 Å². The Kier molecular flexibility index (Phi) is 4.19. The molecule has 1 saturated heterocycles. The van der Waals surface area contributed by atoms with E-state index in [-0.39, 0.29) is 12.6 Å². The molecule has 0 amide bonds. The molecule has 2 nitrogen and oxygen atoms in total. The van der Waals surface area contributed by atoms with E-state index in [9.17, 15) is 5.11 Å². The molecule has 1 aromatic carbocycles. The fourth-order valence-electron chi connectivity index (χ4n) is 2.59. The Bertz CT molecular complexity index is 338. The third-order valence-electron chi connectivity index (χ3n) is 3.74. The molecule has 1 atom stereocenters. The fourth-order valence-corrected chi connectivity index (χ4v) is 2.59. The Balaban J connectivity index is 2.13. The van der Waals surface area contributed by atoms with Gasteiger partial charge in [-0.3, -0.25) is 4.90 Å². The molecule has 0 radical (unpaired) electrons. The van der Waals surface area contributed by atoms with Crippen molar-refractivity contribution in [3.05, 3.63) is 35.4 Å². The number of aliphatic hydroxyl groups excluding tert-OH is 1. The Morgan fingerprint density at radius 3 is 2.06 bits per heavy atom. The Morgan fingerprint density at radius 1 is 1.06 bits per heavy atom. The highest BCUT2D eigenvalue weighted by Crippen LogP contribution is 2.26. The zero-order valence-corrected chi connectivity index (χ0v) is 10.9. The van der Waals surface area contributed by atoms with Crippen LogP contribution >= 0.6 is 0 Å². The summed E-state index contributed by atoms with van der Waals surface area (Å²) >= 11 is 0. The largest absolute Gasteiger partial charge is 0.394 e. The smallest absolute Gasteiger partial charge is 0.0628 e. The van der Waals surface area contributed by atoms with E-state index < -0.39 is 0 Å². The van der Waals surface area contributed by atoms with Crippen LogP contribution in [0.4, 0.5) is 0 Å². The van der Waals surface area contributed by atoms with E-state index in [2.05, 4.69) is 43.0 Å². The molecule has 0 saturated carbocycles. The number of rotatable bonds is 4. The highest BCUT2D eigenvalue weighted by molar-refractivity contribution is 5.27. The normalized spacial score (nSPS) is 18.8. The standard InChI is InChI=1S/C15H23NO/c1-12(2)13-5-7-14(8-6-13)15(11-17)16-9-3-4-10-16/h5-8,12,15,17H,3-4,9-11H2,1-2H3/t15-/m0/s1. The molecule has 2 rings (SSSR count). The molecule has 0 spiro atoms. The van der Waals surface area contributed by atoms with Crippen LogP contribution in [0.15, 0.2) is 24.3 Å². The van der Waals surface area contributed by atoms with Crippen molar-refractivity contribution >= 4 is 0 Å². The van der Waals surface area contributed by atoms with Crippen molar-refractivity contribution in [1.82, 2.24) is 4.90 Å². The molecular weight excluding hydrogens is 210 g/mol. The molecule has 0 bridgehead atoms. The molecule has 0 aliphatic carbocycles. The van der Waals surface area contributed by atoms with Crippen LogP contribution in [0.3, 0.4) is 0 Å². The summed E-state index contributed by atoms with van der Waals surface area (Å²) < 4.78 is 0. The summed E-state index contributed by atoms with van der Waals surface area (Å²) in [5.74, 6) is 0.573. The van der Waals surface area contributed by atoms with Crippen molar-refractivity contribution in [2.45, 2.75) is 38.6 Å². The van der Waals surface area contributed by atoms with E-state index in [0.717, 1.165) is 13.1 Å². The maximum absolute atomic E-state index is 9.58. The zero-order valence-electron chi connectivity index (χ0n) is 10.9. The van der Waals surface area contributed by atoms with Crippen molar-refractivity contribution in [3.63, 3.8) is 0 Å². The first-order chi connectivity index (χ1) is 8.22. The van der Waals surface area contributed by atoms with Gasteiger partial charge in [0, 0.05) is 0 Å². The van der Waals surface area contributed by atoms with Gasteiger partial charge in [-0.05, 0) is 43.0 Å². The van der Waals surface area contributed by atoms with Crippen LogP contribution in [-0.4, -0.2) is 29.7 Å². The number of benzene rings is 1. The summed E-state index contributed by atoms with van der Waals surface area (Å²) in [6.07, 6.45) is 2.53. The Morgan fingerprint density at radius 2 is 1.59 bits per heavy atom. The van der Waals surface area contributed by atoms with Crippen LogP contribution in [0, 0.1) is 0 Å². The van der Waals surface area contributed by atoms with E-state index in [1.807, 2.05) is 0 Å². The van der Waals surface area contributed by atoms with Crippen LogP contribution in [0.25, 0.3) is 0 Å². The minimum Gasteiger partial charge on any atom is -0.394 e. The quantitative estimate of drug-likeness (QED) is 0.864. The van der Waals surface area contributed by atoms with Gasteiger partial charge in [0.15, 0.2) is 0 Å². The van der Waals surface area contributed by atoms with Crippen LogP contribution < -0.4 is 0 Å². The minimum absolute atomic E-state index is 0.193. The number of aliphatic hydroxyl groups is 1. The van der Waals surface area contributed by atoms with Gasteiger partial charge in [0.05, 0.1) is 12.6 Å². The van der Waals surface area contributed by atoms with Gasteiger partial charge < -0.3 is 5.11 Å². The Labute approximate surface area is 104 Å². The van der Waals surface area contributed by atoms with Gasteiger partial charge in [-0.25, -0.2) is 0 Å². The van der Waals surface area contributed by atoms with Crippen LogP contribution in [0.5, 0.6) is 0 Å². The second-order valence-corrected chi connectivity index (χ2v) is 5.26. The number of nitrogens with zero attached hydrogens (tertiary/aromatic N) is 1. The second kappa shape index (κ2) is 5.65. The molecule has 1 aromatic rings. The average Bonchev–Trinajstić information content (AvgIpc) is 2.84. The third kappa shape index (κ3) is 2.88. The monoisotopic (exact) mass is 233 g/mol. The lowest BCUT2D eigenvalue weighted by atomic mass is 9.99. The van der Waals surface area contributed by atoms with Crippen molar-refractivity contribution < 1.29 is 5.11 Å². The lowest BCUT2D eigenvalue weighted by Gasteiger charge is -2.26. The number of likely N-dealkylation sites (tertiary alicyclic amines) is 1. The summed E-state index contributed by atoms with van der Waals surface area (Å²) in [7, 11) is 0. The number of hydrogen-bond donors (Lipinski definition) is 1. The summed E-state index contributed by atoms with van der Waals surface area (Å²) in [5, 5.41) is 9.58. The third-order valence-corrected chi connectivity index (χ3v) is 3.74. The van der Waals surface area contributed by atoms with Gasteiger partial charge in [-0.2, -0.15) is 0 Å². The van der Waals surface area contributed by atoms with Gasteiger partial charge >= 0.3 is 0 Å². The lowest BCUT2D eigenvalue weighted by molar-refractivity contribution is 0.147. The molecule has 0 aromatic heterocycles. The SMILES string of the molecule is CC(C)c1ccc([C@H](CO)N2CCCC2)cc1. The summed E-state index contributed by atoms with van der Waals surface area (Å²) in [6.45, 7) is 6.88. The summed E-state index contributed by atoms with van der Waals surface area (Å²) in [6, 6.07) is 8.93. The predicted octanol–water partition coefficient (Wildman–Crippen LogP) is 2.94. The highest BCUT2D eigenvalue weighted by Gasteiger charge is 2.22. The maximum Gasteiger partial charge on any atom is 0.0628 e. The first-order valence-corrected chi connectivity index (χ1v) is 6.67. The van der Waals surface area contributed by atoms with Crippen LogP contribution in [0.1, 0.15) is 49.8 Å². The molecule has 17 heavy (non-hydrogen) atoms. The molecule has 1 aliphatic rings. The molecule has 1 N–H and O–H groups in total. The second-order valence-electron chi connectivity index (χ2n) is 5.26. The van der Waals surface area contributed by atoms with Crippen molar-refractivity contribution in [2.75, 3.05) is 19.7 Å². The van der Waals surface area contributed by atoms with Crippen molar-refractivity contribution in [1.29, 1.82) is 0 Å². The summed E-state index contributed by atoms with van der Waals surface area (Å²) in [4.78, 5) is 2.39. The van der Waals surface area contributed by atoms with Gasteiger partial charge in [0.2, 0.25) is 0 Å². The first kappa shape index (κ1) is 12.6. The zero-order chi connectivity index (χ0) is 12.3. The van der Waals surface area contributed by atoms with Crippen molar-refractivity contribution in [3.8, 4) is 0 Å². The summed E-state index contributed by atoms with van der Waals surface area (Å²) in [5.41, 5.74) is 2.62. The van der Waals surface area contributed by atoms with Crippen LogP contribution in [0.2, 0.25) is 0 Å². The molecular formula is C15H23NO. The van der Waals surface area contributed by atoms with Crippen LogP contribution in [-0.2, 0) is 0 Å². The first-order valence-electron chi connectivity index (χ1n) is 6.67. The topological polar surface area (TPSA) is 23.5 Å². The van der Waals surface area contributed by atoms with E-state index in [0.29, 0.717) is 5.92 Å². The van der Waals surface area contributed by atoms with E-state index in [1.54, 1.807) is 0 Å². The molecule has 94 valence electrons. The van der Waals surface area contributed by atoms with E-state index >= 15 is 0 Å². The van der Waals surface area contributed by atoms with E-state index in [1.165, 1.54) is 24.0 Å². The molecule has 0 unspecified atom stereocenters. The fraction of sp³-hybridized carbons (Fsp3) is 0.600. The maximum atomic E-state index is 9.58. The molecule has 1 heterocycles. The van der Waals surface area contributed by atoms with Crippen molar-refractivity contribution in [2.24, 2.45) is 0 Å². The number of hydrogen-bond acceptors (Lipinski definition) is 2. The lowest BCUT2D eigenvalue weighted by Crippen LogP contribution is -2.28. The highest BCUT2D eigenvalue weighted by atomic mass is 16.3. The minimum atomic E-state index is 0.193. The average molecular weight is 233 g/mol.